The second kappa shape index (κ2) is 66.8. The molecule has 0 fully saturated rings. The normalized spacial score (nSPS) is 12.6. The molecule has 0 saturated carbocycles. The molecule has 0 aromatic rings. The van der Waals surface area contributed by atoms with Gasteiger partial charge in [0.25, 0.3) is 0 Å². The highest BCUT2D eigenvalue weighted by atomic mass is 16.5. The van der Waals surface area contributed by atoms with Crippen molar-refractivity contribution in [2.45, 2.75) is 405 Å². The van der Waals surface area contributed by atoms with Crippen LogP contribution in [0.15, 0.2) is 24.3 Å². The van der Waals surface area contributed by atoms with Crippen LogP contribution in [0.4, 0.5) is 0 Å². The van der Waals surface area contributed by atoms with E-state index >= 15 is 0 Å². The summed E-state index contributed by atoms with van der Waals surface area (Å²) in [5, 5.41) is 23.1. The van der Waals surface area contributed by atoms with Crippen LogP contribution in [0.25, 0.3) is 0 Å². The Labute approximate surface area is 481 Å². The fourth-order valence-corrected chi connectivity index (χ4v) is 11.1. The van der Waals surface area contributed by atoms with E-state index < -0.39 is 12.1 Å². The average Bonchev–Trinajstić information content (AvgIpc) is 3.43. The lowest BCUT2D eigenvalue weighted by molar-refractivity contribution is -0.143. The molecule has 0 aromatic carbocycles. The molecule has 0 spiro atoms. The second-order valence-electron chi connectivity index (χ2n) is 24.2. The predicted molar refractivity (Wildman–Crippen MR) is 338 cm³/mol. The van der Waals surface area contributed by atoms with Crippen LogP contribution in [0.1, 0.15) is 393 Å². The van der Waals surface area contributed by atoms with E-state index in [4.69, 9.17) is 4.74 Å². The molecule has 0 bridgehead atoms. The highest BCUT2D eigenvalue weighted by Gasteiger charge is 2.18. The van der Waals surface area contributed by atoms with Crippen molar-refractivity contribution in [3.8, 4) is 0 Å². The molecule has 0 saturated heterocycles. The number of hydrogen-bond acceptors (Lipinski definition) is 5. The quantitative estimate of drug-likeness (QED) is 0.0320. The van der Waals surface area contributed by atoms with Crippen molar-refractivity contribution < 1.29 is 24.5 Å². The SMILES string of the molecule is CCCCCCCCCCCC/C=C/C(O)C(CO)NC(=O)CCCCCCCCCCCCCCCCCCC/C=C\CCCCCCCCCCCCCCOC(=O)CCCCCCCCCCCCCCCCC. The van der Waals surface area contributed by atoms with Crippen LogP contribution < -0.4 is 5.32 Å². The molecule has 0 heterocycles. The van der Waals surface area contributed by atoms with Crippen LogP contribution in [0.5, 0.6) is 0 Å². The summed E-state index contributed by atoms with van der Waals surface area (Å²) in [6.45, 7) is 4.93. The van der Waals surface area contributed by atoms with Gasteiger partial charge in [-0.15, -0.1) is 0 Å². The number of aliphatic hydroxyl groups excluding tert-OH is 2. The first-order valence-corrected chi connectivity index (χ1v) is 35.1. The fourth-order valence-electron chi connectivity index (χ4n) is 11.1. The van der Waals surface area contributed by atoms with Gasteiger partial charge in [0.2, 0.25) is 5.91 Å². The number of rotatable bonds is 66. The summed E-state index contributed by atoms with van der Waals surface area (Å²) in [5.74, 6) is -0.0420. The lowest BCUT2D eigenvalue weighted by Crippen LogP contribution is -2.45. The number of aliphatic hydroxyl groups is 2. The van der Waals surface area contributed by atoms with Crippen LogP contribution in [-0.2, 0) is 14.3 Å². The molecule has 0 aliphatic heterocycles. The third-order valence-corrected chi connectivity index (χ3v) is 16.5. The van der Waals surface area contributed by atoms with Gasteiger partial charge in [-0.2, -0.15) is 0 Å². The molecule has 77 heavy (non-hydrogen) atoms. The van der Waals surface area contributed by atoms with Crippen molar-refractivity contribution in [1.82, 2.24) is 5.32 Å². The van der Waals surface area contributed by atoms with Crippen LogP contribution >= 0.6 is 0 Å². The van der Waals surface area contributed by atoms with Gasteiger partial charge in [0, 0.05) is 12.8 Å². The van der Waals surface area contributed by atoms with E-state index in [1.807, 2.05) is 6.08 Å². The zero-order valence-electron chi connectivity index (χ0n) is 52.2. The summed E-state index contributed by atoms with van der Waals surface area (Å²) in [6, 6.07) is -0.624. The van der Waals surface area contributed by atoms with Gasteiger partial charge in [0.05, 0.1) is 25.4 Å². The monoisotopic (exact) mass is 1080 g/mol. The number of nitrogens with one attached hydrogen (secondary N) is 1. The molecule has 6 heteroatoms. The van der Waals surface area contributed by atoms with Crippen LogP contribution in [0, 0.1) is 0 Å². The standard InChI is InChI=1S/C71H137NO5/c1-3-5-7-9-11-13-15-17-37-41-45-49-53-57-61-65-71(76)77-66-62-58-54-50-46-42-39-36-34-32-30-28-26-24-22-20-18-19-21-23-25-27-29-31-33-35-38-40-44-48-52-56-60-64-70(75)72-68(67-73)69(74)63-59-55-51-47-43-16-14-12-10-8-6-4-2/h22,24,59,63,68-69,73-74H,3-21,23,25-58,60-62,64-67H2,1-2H3,(H,72,75)/b24-22-,63-59+. The van der Waals surface area contributed by atoms with Crippen molar-refractivity contribution in [1.29, 1.82) is 0 Å². The Morgan fingerprint density at radius 2 is 0.610 bits per heavy atom. The molecule has 2 unspecified atom stereocenters. The third kappa shape index (κ3) is 63.4. The van der Waals surface area contributed by atoms with Crippen molar-refractivity contribution >= 4 is 11.9 Å². The number of carbonyl (C=O) groups is 2. The molecule has 1 amide bonds. The number of esters is 1. The Hall–Kier alpha value is -1.66. The Morgan fingerprint density at radius 3 is 0.922 bits per heavy atom. The Bertz CT molecular complexity index is 1200. The average molecular weight is 1080 g/mol. The van der Waals surface area contributed by atoms with Gasteiger partial charge in [-0.3, -0.25) is 9.59 Å². The molecular weight excluding hydrogens is 947 g/mol. The number of allylic oxidation sites excluding steroid dienone is 3. The number of hydrogen-bond donors (Lipinski definition) is 3. The molecule has 0 aliphatic carbocycles. The van der Waals surface area contributed by atoms with Gasteiger partial charge >= 0.3 is 5.97 Å². The van der Waals surface area contributed by atoms with E-state index in [0.717, 1.165) is 38.5 Å². The first-order chi connectivity index (χ1) is 38.0. The number of carbonyl (C=O) groups excluding carboxylic acids is 2. The third-order valence-electron chi connectivity index (χ3n) is 16.5. The molecule has 0 rings (SSSR count). The summed E-state index contributed by atoms with van der Waals surface area (Å²) in [7, 11) is 0. The van der Waals surface area contributed by atoms with E-state index in [9.17, 15) is 19.8 Å². The molecule has 2 atom stereocenters. The van der Waals surface area contributed by atoms with Crippen LogP contribution in [0.2, 0.25) is 0 Å². The van der Waals surface area contributed by atoms with Crippen molar-refractivity contribution in [3.05, 3.63) is 24.3 Å². The van der Waals surface area contributed by atoms with E-state index in [2.05, 4.69) is 31.3 Å². The van der Waals surface area contributed by atoms with Gasteiger partial charge in [-0.1, -0.05) is 346 Å². The summed E-state index contributed by atoms with van der Waals surface area (Å²) >= 11 is 0. The van der Waals surface area contributed by atoms with Gasteiger partial charge in [0.1, 0.15) is 0 Å². The molecule has 6 nitrogen and oxygen atoms in total. The van der Waals surface area contributed by atoms with Gasteiger partial charge in [-0.05, 0) is 57.8 Å². The lowest BCUT2D eigenvalue weighted by atomic mass is 10.0. The minimum atomic E-state index is -0.841. The molecular formula is C71H137NO5. The topological polar surface area (TPSA) is 95.9 Å². The maximum Gasteiger partial charge on any atom is 0.305 e. The summed E-state index contributed by atoms with van der Waals surface area (Å²) in [6.07, 6.45) is 84.1. The van der Waals surface area contributed by atoms with E-state index in [1.54, 1.807) is 6.08 Å². The fraction of sp³-hybridized carbons (Fsp3) is 0.915. The van der Waals surface area contributed by atoms with E-state index in [-0.39, 0.29) is 18.5 Å². The van der Waals surface area contributed by atoms with E-state index in [1.165, 1.54) is 327 Å². The molecule has 0 radical (unpaired) electrons. The maximum atomic E-state index is 12.5. The van der Waals surface area contributed by atoms with Crippen LogP contribution in [0.3, 0.4) is 0 Å². The Morgan fingerprint density at radius 1 is 0.351 bits per heavy atom. The Balaban J connectivity index is 3.33. The van der Waals surface area contributed by atoms with Gasteiger partial charge in [-0.25, -0.2) is 0 Å². The van der Waals surface area contributed by atoms with Crippen molar-refractivity contribution in [2.24, 2.45) is 0 Å². The first kappa shape index (κ1) is 75.3. The maximum absolute atomic E-state index is 12.5. The molecule has 0 aliphatic rings. The lowest BCUT2D eigenvalue weighted by Gasteiger charge is -2.20. The predicted octanol–water partition coefficient (Wildman–Crippen LogP) is 22.5. The smallest absolute Gasteiger partial charge is 0.305 e. The van der Waals surface area contributed by atoms with Crippen molar-refractivity contribution in [2.75, 3.05) is 13.2 Å². The minimum absolute atomic E-state index is 0.0219. The molecule has 3 N–H and O–H groups in total. The van der Waals surface area contributed by atoms with Gasteiger partial charge in [0.15, 0.2) is 0 Å². The number of amides is 1. The zero-order chi connectivity index (χ0) is 55.7. The summed E-state index contributed by atoms with van der Waals surface area (Å²) < 4.78 is 5.50. The largest absolute Gasteiger partial charge is 0.466 e. The molecule has 0 aromatic heterocycles. The highest BCUT2D eigenvalue weighted by Crippen LogP contribution is 2.19. The Kier molecular flexibility index (Phi) is 65.4. The van der Waals surface area contributed by atoms with E-state index in [0.29, 0.717) is 19.4 Å². The number of ether oxygens (including phenoxy) is 1. The molecule has 456 valence electrons. The van der Waals surface area contributed by atoms with Crippen LogP contribution in [-0.4, -0.2) is 47.4 Å². The highest BCUT2D eigenvalue weighted by molar-refractivity contribution is 5.76. The second-order valence-corrected chi connectivity index (χ2v) is 24.2. The summed E-state index contributed by atoms with van der Waals surface area (Å²) in [4.78, 5) is 24.5. The zero-order valence-corrected chi connectivity index (χ0v) is 52.2. The summed E-state index contributed by atoms with van der Waals surface area (Å²) in [5.41, 5.74) is 0. The van der Waals surface area contributed by atoms with Crippen molar-refractivity contribution in [3.63, 3.8) is 0 Å². The van der Waals surface area contributed by atoms with Gasteiger partial charge < -0.3 is 20.3 Å². The number of unbranched alkanes of at least 4 members (excludes halogenated alkanes) is 53. The minimum Gasteiger partial charge on any atom is -0.466 e. The first-order valence-electron chi connectivity index (χ1n) is 35.1.